The molecule has 0 atom stereocenters. The highest BCUT2D eigenvalue weighted by Crippen LogP contribution is 2.35. The van der Waals surface area contributed by atoms with Gasteiger partial charge in [-0.1, -0.05) is 64.5 Å². The molecular formula is C29H23BrN2O3. The van der Waals surface area contributed by atoms with Crippen molar-refractivity contribution < 1.29 is 14.3 Å². The van der Waals surface area contributed by atoms with Gasteiger partial charge in [0, 0.05) is 10.2 Å². The number of halogens is 1. The zero-order valence-electron chi connectivity index (χ0n) is 19.3. The molecule has 0 saturated heterocycles. The molecule has 35 heavy (non-hydrogen) atoms. The standard InChI is InChI=1S/C29H23BrN2O3/c1-19-6-5-9-25(12-19)32-29(33)24(17-31)14-23-15-27(34-2)28(16-26(23)30)35-18-20-10-11-21-7-3-4-8-22(21)13-20/h3-16H,18H2,1-2H3,(H,32,33)/b24-14-. The van der Waals surface area contributed by atoms with Crippen molar-refractivity contribution in [2.75, 3.05) is 12.4 Å². The van der Waals surface area contributed by atoms with Crippen LogP contribution < -0.4 is 14.8 Å². The summed E-state index contributed by atoms with van der Waals surface area (Å²) in [5, 5.41) is 14.7. The lowest BCUT2D eigenvalue weighted by Gasteiger charge is -2.13. The molecule has 0 aliphatic rings. The van der Waals surface area contributed by atoms with Crippen molar-refractivity contribution in [1.82, 2.24) is 0 Å². The van der Waals surface area contributed by atoms with E-state index in [0.29, 0.717) is 33.8 Å². The molecule has 0 aliphatic heterocycles. The van der Waals surface area contributed by atoms with Crippen LogP contribution in [-0.2, 0) is 11.4 Å². The van der Waals surface area contributed by atoms with Crippen molar-refractivity contribution in [3.8, 4) is 17.6 Å². The van der Waals surface area contributed by atoms with Crippen LogP contribution >= 0.6 is 15.9 Å². The van der Waals surface area contributed by atoms with Gasteiger partial charge in [0.2, 0.25) is 0 Å². The Kier molecular flexibility index (Phi) is 7.49. The molecule has 174 valence electrons. The number of ether oxygens (including phenoxy) is 2. The van der Waals surface area contributed by atoms with E-state index in [0.717, 1.165) is 16.5 Å². The summed E-state index contributed by atoms with van der Waals surface area (Å²) in [6, 6.07) is 27.3. The number of hydrogen-bond donors (Lipinski definition) is 1. The number of benzene rings is 4. The zero-order valence-corrected chi connectivity index (χ0v) is 20.9. The van der Waals surface area contributed by atoms with Gasteiger partial charge in [-0.05, 0) is 70.8 Å². The number of nitrogens with zero attached hydrogens (tertiary/aromatic N) is 1. The number of anilines is 1. The molecule has 1 N–H and O–H groups in total. The Morgan fingerprint density at radius 2 is 1.80 bits per heavy atom. The Morgan fingerprint density at radius 3 is 2.54 bits per heavy atom. The summed E-state index contributed by atoms with van der Waals surface area (Å²) in [6.07, 6.45) is 1.52. The Bertz CT molecular complexity index is 1470. The third-order valence-electron chi connectivity index (χ3n) is 5.43. The molecule has 6 heteroatoms. The SMILES string of the molecule is COc1cc(/C=C(/C#N)C(=O)Nc2cccc(C)c2)c(Br)cc1OCc1ccc2ccccc2c1. The molecule has 4 aromatic rings. The smallest absolute Gasteiger partial charge is 0.266 e. The van der Waals surface area contributed by atoms with Gasteiger partial charge in [0.15, 0.2) is 11.5 Å². The molecule has 0 radical (unpaired) electrons. The molecule has 0 saturated carbocycles. The number of nitriles is 1. The van der Waals surface area contributed by atoms with E-state index in [2.05, 4.69) is 45.5 Å². The first kappa shape index (κ1) is 24.1. The van der Waals surface area contributed by atoms with E-state index in [1.165, 1.54) is 11.5 Å². The lowest BCUT2D eigenvalue weighted by Crippen LogP contribution is -2.13. The first-order valence-electron chi connectivity index (χ1n) is 10.9. The van der Waals surface area contributed by atoms with Crippen LogP contribution in [0.5, 0.6) is 11.5 Å². The second-order valence-corrected chi connectivity index (χ2v) is 8.84. The molecule has 1 amide bonds. The molecule has 0 fully saturated rings. The summed E-state index contributed by atoms with van der Waals surface area (Å²) < 4.78 is 12.2. The second-order valence-electron chi connectivity index (χ2n) is 7.99. The van der Waals surface area contributed by atoms with Crippen LogP contribution in [0, 0.1) is 18.3 Å². The van der Waals surface area contributed by atoms with Crippen LogP contribution in [0.3, 0.4) is 0 Å². The van der Waals surface area contributed by atoms with Gasteiger partial charge in [-0.15, -0.1) is 0 Å². The predicted molar refractivity (Wildman–Crippen MR) is 142 cm³/mol. The lowest BCUT2D eigenvalue weighted by molar-refractivity contribution is -0.112. The van der Waals surface area contributed by atoms with Crippen molar-refractivity contribution in [1.29, 1.82) is 5.26 Å². The highest BCUT2D eigenvalue weighted by molar-refractivity contribution is 9.10. The summed E-state index contributed by atoms with van der Waals surface area (Å²) in [6.45, 7) is 2.30. The molecule has 0 heterocycles. The van der Waals surface area contributed by atoms with Gasteiger partial charge < -0.3 is 14.8 Å². The predicted octanol–water partition coefficient (Wildman–Crippen LogP) is 7.04. The Hall–Kier alpha value is -4.08. The summed E-state index contributed by atoms with van der Waals surface area (Å²) in [5.41, 5.74) is 3.27. The van der Waals surface area contributed by atoms with E-state index in [1.807, 2.05) is 49.4 Å². The minimum absolute atomic E-state index is 0.0286. The van der Waals surface area contributed by atoms with E-state index < -0.39 is 5.91 Å². The molecule has 5 nitrogen and oxygen atoms in total. The van der Waals surface area contributed by atoms with Crippen LogP contribution in [0.1, 0.15) is 16.7 Å². The van der Waals surface area contributed by atoms with Crippen LogP contribution in [0.4, 0.5) is 5.69 Å². The largest absolute Gasteiger partial charge is 0.493 e. The number of aryl methyl sites for hydroxylation is 1. The average Bonchev–Trinajstić information content (AvgIpc) is 2.86. The van der Waals surface area contributed by atoms with Gasteiger partial charge in [0.25, 0.3) is 5.91 Å². The number of hydrogen-bond acceptors (Lipinski definition) is 4. The van der Waals surface area contributed by atoms with Crippen molar-refractivity contribution in [3.05, 3.63) is 106 Å². The van der Waals surface area contributed by atoms with Gasteiger partial charge in [-0.3, -0.25) is 4.79 Å². The second kappa shape index (κ2) is 10.9. The number of fused-ring (bicyclic) bond motifs is 1. The highest BCUT2D eigenvalue weighted by atomic mass is 79.9. The summed E-state index contributed by atoms with van der Waals surface area (Å²) in [7, 11) is 1.55. The molecule has 0 spiro atoms. The van der Waals surface area contributed by atoms with E-state index >= 15 is 0 Å². The quantitative estimate of drug-likeness (QED) is 0.207. The minimum Gasteiger partial charge on any atom is -0.493 e. The Labute approximate surface area is 212 Å². The van der Waals surface area contributed by atoms with Gasteiger partial charge in [-0.2, -0.15) is 5.26 Å². The molecule has 0 unspecified atom stereocenters. The third kappa shape index (κ3) is 5.89. The maximum Gasteiger partial charge on any atom is 0.266 e. The maximum absolute atomic E-state index is 12.7. The van der Waals surface area contributed by atoms with Gasteiger partial charge in [0.05, 0.1) is 7.11 Å². The Morgan fingerprint density at radius 1 is 1.00 bits per heavy atom. The summed E-state index contributed by atoms with van der Waals surface area (Å²) >= 11 is 3.53. The number of rotatable bonds is 7. The zero-order chi connectivity index (χ0) is 24.8. The highest BCUT2D eigenvalue weighted by Gasteiger charge is 2.14. The van der Waals surface area contributed by atoms with E-state index in [9.17, 15) is 10.1 Å². The van der Waals surface area contributed by atoms with Crippen LogP contribution in [0.15, 0.2) is 88.9 Å². The number of amides is 1. The number of nitrogens with one attached hydrogen (secondary N) is 1. The van der Waals surface area contributed by atoms with E-state index in [4.69, 9.17) is 9.47 Å². The third-order valence-corrected chi connectivity index (χ3v) is 6.12. The van der Waals surface area contributed by atoms with Crippen molar-refractivity contribution in [2.45, 2.75) is 13.5 Å². The fourth-order valence-electron chi connectivity index (χ4n) is 3.65. The van der Waals surface area contributed by atoms with Gasteiger partial charge in [-0.25, -0.2) is 0 Å². The fraction of sp³-hybridized carbons (Fsp3) is 0.103. The normalized spacial score (nSPS) is 11.1. The summed E-state index contributed by atoms with van der Waals surface area (Å²) in [4.78, 5) is 12.7. The number of methoxy groups -OCH3 is 1. The maximum atomic E-state index is 12.7. The van der Waals surface area contributed by atoms with Crippen LogP contribution in [0.25, 0.3) is 16.8 Å². The van der Waals surface area contributed by atoms with Crippen molar-refractivity contribution in [2.24, 2.45) is 0 Å². The van der Waals surface area contributed by atoms with Gasteiger partial charge >= 0.3 is 0 Å². The Balaban J connectivity index is 1.54. The van der Waals surface area contributed by atoms with Gasteiger partial charge in [0.1, 0.15) is 18.2 Å². The van der Waals surface area contributed by atoms with Crippen LogP contribution in [0.2, 0.25) is 0 Å². The minimum atomic E-state index is -0.486. The molecule has 0 aromatic heterocycles. The molecule has 4 rings (SSSR count). The monoisotopic (exact) mass is 526 g/mol. The fourth-order valence-corrected chi connectivity index (χ4v) is 4.09. The first-order valence-corrected chi connectivity index (χ1v) is 11.7. The van der Waals surface area contributed by atoms with E-state index in [1.54, 1.807) is 25.3 Å². The molecule has 0 aliphatic carbocycles. The molecule has 4 aromatic carbocycles. The average molecular weight is 527 g/mol. The number of carbonyl (C=O) groups excluding carboxylic acids is 1. The van der Waals surface area contributed by atoms with E-state index in [-0.39, 0.29) is 5.57 Å². The van der Waals surface area contributed by atoms with Crippen molar-refractivity contribution in [3.63, 3.8) is 0 Å². The topological polar surface area (TPSA) is 71.3 Å². The van der Waals surface area contributed by atoms with Crippen molar-refractivity contribution >= 4 is 44.4 Å². The lowest BCUT2D eigenvalue weighted by atomic mass is 10.1. The molecule has 0 bridgehead atoms. The first-order chi connectivity index (χ1) is 17.0. The summed E-state index contributed by atoms with van der Waals surface area (Å²) in [5.74, 6) is 0.560. The van der Waals surface area contributed by atoms with Crippen LogP contribution in [-0.4, -0.2) is 13.0 Å². The molecular weight excluding hydrogens is 504 g/mol. The number of carbonyl (C=O) groups is 1.